The van der Waals surface area contributed by atoms with Crippen LogP contribution in [0, 0.1) is 0 Å². The lowest BCUT2D eigenvalue weighted by molar-refractivity contribution is -0.123. The minimum Gasteiger partial charge on any atom is -0.507 e. The molecule has 1 fully saturated rings. The first-order chi connectivity index (χ1) is 7.59. The van der Waals surface area contributed by atoms with E-state index < -0.39 is 11.9 Å². The maximum atomic E-state index is 11.4. The van der Waals surface area contributed by atoms with Crippen LogP contribution in [0.15, 0.2) is 30.0 Å². The normalized spacial score (nSPS) is 18.1. The SMILES string of the molecule is NN1C(=O)N/C(=C\c2ccccc2O)C1=O. The summed E-state index contributed by atoms with van der Waals surface area (Å²) in [5.74, 6) is 4.56. The van der Waals surface area contributed by atoms with E-state index in [1.807, 2.05) is 0 Å². The van der Waals surface area contributed by atoms with E-state index in [0.717, 1.165) is 0 Å². The first-order valence-electron chi connectivity index (χ1n) is 4.49. The van der Waals surface area contributed by atoms with Crippen molar-refractivity contribution in [2.45, 2.75) is 0 Å². The van der Waals surface area contributed by atoms with Crippen LogP contribution in [0.25, 0.3) is 6.08 Å². The van der Waals surface area contributed by atoms with E-state index in [9.17, 15) is 14.7 Å². The smallest absolute Gasteiger partial charge is 0.343 e. The van der Waals surface area contributed by atoms with Gasteiger partial charge in [-0.05, 0) is 12.1 Å². The van der Waals surface area contributed by atoms with Gasteiger partial charge in [-0.15, -0.1) is 0 Å². The van der Waals surface area contributed by atoms with E-state index in [1.54, 1.807) is 18.2 Å². The second-order valence-corrected chi connectivity index (χ2v) is 3.22. The second kappa shape index (κ2) is 3.67. The molecule has 0 saturated carbocycles. The summed E-state index contributed by atoms with van der Waals surface area (Å²) in [6.45, 7) is 0. The summed E-state index contributed by atoms with van der Waals surface area (Å²) in [5.41, 5.74) is 0.468. The molecule has 6 heteroatoms. The Labute approximate surface area is 90.9 Å². The molecule has 1 aliphatic heterocycles. The maximum Gasteiger partial charge on any atom is 0.343 e. The van der Waals surface area contributed by atoms with Gasteiger partial charge in [0.05, 0.1) is 0 Å². The number of imide groups is 1. The number of nitrogens with two attached hydrogens (primary N) is 1. The number of phenols is 1. The molecule has 0 aliphatic carbocycles. The van der Waals surface area contributed by atoms with Crippen molar-refractivity contribution in [1.29, 1.82) is 0 Å². The Balaban J connectivity index is 2.37. The Morgan fingerprint density at radius 1 is 1.31 bits per heavy atom. The van der Waals surface area contributed by atoms with Crippen LogP contribution in [0.1, 0.15) is 5.56 Å². The predicted molar refractivity (Wildman–Crippen MR) is 55.6 cm³/mol. The average molecular weight is 219 g/mol. The number of para-hydroxylation sites is 1. The molecule has 16 heavy (non-hydrogen) atoms. The molecule has 0 aromatic heterocycles. The third-order valence-electron chi connectivity index (χ3n) is 2.15. The maximum absolute atomic E-state index is 11.4. The number of hydrazine groups is 1. The van der Waals surface area contributed by atoms with Crippen LogP contribution < -0.4 is 11.2 Å². The topological polar surface area (TPSA) is 95.7 Å². The molecule has 0 bridgehead atoms. The highest BCUT2D eigenvalue weighted by molar-refractivity contribution is 6.13. The Kier molecular flexibility index (Phi) is 2.34. The van der Waals surface area contributed by atoms with E-state index in [0.29, 0.717) is 10.6 Å². The number of nitrogens with one attached hydrogen (secondary N) is 1. The quantitative estimate of drug-likeness (QED) is 0.271. The zero-order valence-electron chi connectivity index (χ0n) is 8.18. The fraction of sp³-hybridized carbons (Fsp3) is 0. The molecule has 3 amide bonds. The van der Waals surface area contributed by atoms with Crippen LogP contribution in [-0.2, 0) is 4.79 Å². The zero-order valence-corrected chi connectivity index (χ0v) is 8.18. The number of carbonyl (C=O) groups excluding carboxylic acids is 2. The van der Waals surface area contributed by atoms with Crippen LogP contribution in [-0.4, -0.2) is 22.1 Å². The molecule has 0 unspecified atom stereocenters. The molecule has 82 valence electrons. The molecule has 6 nitrogen and oxygen atoms in total. The largest absolute Gasteiger partial charge is 0.507 e. The van der Waals surface area contributed by atoms with Crippen LogP contribution in [0.3, 0.4) is 0 Å². The molecule has 0 atom stereocenters. The third-order valence-corrected chi connectivity index (χ3v) is 2.15. The monoisotopic (exact) mass is 219 g/mol. The zero-order chi connectivity index (χ0) is 11.7. The van der Waals surface area contributed by atoms with Gasteiger partial charge in [-0.1, -0.05) is 18.2 Å². The van der Waals surface area contributed by atoms with E-state index in [2.05, 4.69) is 5.32 Å². The van der Waals surface area contributed by atoms with Crippen molar-refractivity contribution in [1.82, 2.24) is 10.3 Å². The van der Waals surface area contributed by atoms with Gasteiger partial charge in [0.15, 0.2) is 0 Å². The van der Waals surface area contributed by atoms with Gasteiger partial charge in [-0.3, -0.25) is 4.79 Å². The number of carbonyl (C=O) groups is 2. The molecule has 1 aromatic carbocycles. The number of benzene rings is 1. The summed E-state index contributed by atoms with van der Waals surface area (Å²) in [5, 5.41) is 12.2. The number of nitrogens with zero attached hydrogens (tertiary/aromatic N) is 1. The van der Waals surface area contributed by atoms with Crippen molar-refractivity contribution in [3.05, 3.63) is 35.5 Å². The number of urea groups is 1. The molecule has 1 saturated heterocycles. The molecule has 2 rings (SSSR count). The van der Waals surface area contributed by atoms with Crippen LogP contribution in [0.4, 0.5) is 4.79 Å². The summed E-state index contributed by atoms with van der Waals surface area (Å²) >= 11 is 0. The van der Waals surface area contributed by atoms with Gasteiger partial charge in [-0.25, -0.2) is 10.6 Å². The van der Waals surface area contributed by atoms with E-state index in [-0.39, 0.29) is 11.4 Å². The van der Waals surface area contributed by atoms with Crippen molar-refractivity contribution in [2.75, 3.05) is 0 Å². The number of hydrogen-bond donors (Lipinski definition) is 3. The number of hydrogen-bond acceptors (Lipinski definition) is 4. The fourth-order valence-electron chi connectivity index (χ4n) is 1.31. The molecule has 1 aromatic rings. The summed E-state index contributed by atoms with van der Waals surface area (Å²) in [6, 6.07) is 5.76. The Hall–Kier alpha value is -2.34. The highest BCUT2D eigenvalue weighted by Crippen LogP contribution is 2.19. The van der Waals surface area contributed by atoms with Gasteiger partial charge < -0.3 is 10.4 Å². The van der Waals surface area contributed by atoms with Gasteiger partial charge in [0, 0.05) is 5.56 Å². The standard InChI is InChI=1S/C10H9N3O3/c11-13-9(15)7(12-10(13)16)5-6-3-1-2-4-8(6)14/h1-5,14H,11H2,(H,12,16)/b7-5-. The Bertz CT molecular complexity index is 496. The molecule has 1 heterocycles. The van der Waals surface area contributed by atoms with Crippen molar-refractivity contribution in [2.24, 2.45) is 5.84 Å². The summed E-state index contributed by atoms with van der Waals surface area (Å²) in [7, 11) is 0. The van der Waals surface area contributed by atoms with Gasteiger partial charge in [0.2, 0.25) is 0 Å². The number of amides is 3. The van der Waals surface area contributed by atoms with Gasteiger partial charge in [0.25, 0.3) is 5.91 Å². The molecular weight excluding hydrogens is 210 g/mol. The van der Waals surface area contributed by atoms with Crippen molar-refractivity contribution in [3.8, 4) is 5.75 Å². The van der Waals surface area contributed by atoms with Gasteiger partial charge >= 0.3 is 6.03 Å². The van der Waals surface area contributed by atoms with Crippen LogP contribution in [0.5, 0.6) is 5.75 Å². The molecule has 0 spiro atoms. The summed E-state index contributed by atoms with van der Waals surface area (Å²) in [6.07, 6.45) is 1.36. The van der Waals surface area contributed by atoms with E-state index in [1.165, 1.54) is 12.1 Å². The molecule has 4 N–H and O–H groups in total. The third kappa shape index (κ3) is 1.61. The fourth-order valence-corrected chi connectivity index (χ4v) is 1.31. The highest BCUT2D eigenvalue weighted by atomic mass is 16.3. The van der Waals surface area contributed by atoms with E-state index in [4.69, 9.17) is 5.84 Å². The number of rotatable bonds is 1. The van der Waals surface area contributed by atoms with E-state index >= 15 is 0 Å². The minimum atomic E-state index is -0.688. The summed E-state index contributed by atoms with van der Waals surface area (Å²) < 4.78 is 0. The van der Waals surface area contributed by atoms with Crippen molar-refractivity contribution >= 4 is 18.0 Å². The van der Waals surface area contributed by atoms with Crippen LogP contribution >= 0.6 is 0 Å². The molecule has 1 aliphatic rings. The first kappa shape index (κ1) is 10.2. The lowest BCUT2D eigenvalue weighted by Gasteiger charge is -2.00. The lowest BCUT2D eigenvalue weighted by atomic mass is 10.1. The second-order valence-electron chi connectivity index (χ2n) is 3.22. The highest BCUT2D eigenvalue weighted by Gasteiger charge is 2.31. The molecular formula is C10H9N3O3. The van der Waals surface area contributed by atoms with Gasteiger partial charge in [-0.2, -0.15) is 5.01 Å². The Morgan fingerprint density at radius 3 is 2.56 bits per heavy atom. The predicted octanol–water partition coefficient (Wildman–Crippen LogP) is 0.159. The Morgan fingerprint density at radius 2 is 2.00 bits per heavy atom. The molecule has 0 radical (unpaired) electrons. The first-order valence-corrected chi connectivity index (χ1v) is 4.49. The van der Waals surface area contributed by atoms with Crippen molar-refractivity contribution in [3.63, 3.8) is 0 Å². The number of aromatic hydroxyl groups is 1. The number of phenolic OH excluding ortho intramolecular Hbond substituents is 1. The van der Waals surface area contributed by atoms with Crippen LogP contribution in [0.2, 0.25) is 0 Å². The minimum absolute atomic E-state index is 0.0209. The average Bonchev–Trinajstić information content (AvgIpc) is 2.50. The van der Waals surface area contributed by atoms with Gasteiger partial charge in [0.1, 0.15) is 11.4 Å². The summed E-state index contributed by atoms with van der Waals surface area (Å²) in [4.78, 5) is 22.4. The van der Waals surface area contributed by atoms with Crippen molar-refractivity contribution < 1.29 is 14.7 Å². The lowest BCUT2D eigenvalue weighted by Crippen LogP contribution is -2.37.